The number of benzene rings is 2. The molecule has 0 aliphatic carbocycles. The Morgan fingerprint density at radius 1 is 0.746 bits per heavy atom. The van der Waals surface area contributed by atoms with E-state index in [-0.39, 0.29) is 23.9 Å². The Labute approximate surface area is 341 Å². The van der Waals surface area contributed by atoms with Crippen LogP contribution in [0.15, 0.2) is 54.7 Å². The van der Waals surface area contributed by atoms with E-state index in [2.05, 4.69) is 20.6 Å². The highest BCUT2D eigenvalue weighted by Gasteiger charge is 2.44. The average molecular weight is 810 g/mol. The number of nitrogens with one attached hydrogen (secondary N) is 4. The number of ether oxygens (including phenoxy) is 4. The second kappa shape index (κ2) is 17.0. The van der Waals surface area contributed by atoms with Crippen molar-refractivity contribution in [3.8, 4) is 22.4 Å². The number of nitrogens with zero attached hydrogens (tertiary/aromatic N) is 5. The number of carbonyl (C=O) groups excluding carboxylic acids is 4. The zero-order valence-electron chi connectivity index (χ0n) is 34.3. The first-order chi connectivity index (χ1) is 28.3. The molecule has 5 heterocycles. The minimum absolute atomic E-state index is 0.258. The van der Waals surface area contributed by atoms with Gasteiger partial charge in [0.1, 0.15) is 23.7 Å². The number of rotatable bonds is 12. The van der Waals surface area contributed by atoms with Crippen LogP contribution in [0.1, 0.15) is 70.2 Å². The molecular weight excluding hydrogens is 759 g/mol. The van der Waals surface area contributed by atoms with Crippen LogP contribution >= 0.6 is 0 Å². The maximum atomic E-state index is 13.9. The minimum atomic E-state index is -0.985. The summed E-state index contributed by atoms with van der Waals surface area (Å²) in [5, 5.41) is 5.29. The van der Waals surface area contributed by atoms with Gasteiger partial charge in [-0.15, -0.1) is 0 Å². The number of alkyl carbamates (subject to hydrolysis) is 2. The van der Waals surface area contributed by atoms with Gasteiger partial charge in [0.15, 0.2) is 0 Å². The quantitative estimate of drug-likeness (QED) is 0.126. The summed E-state index contributed by atoms with van der Waals surface area (Å²) < 4.78 is 20.6. The van der Waals surface area contributed by atoms with Gasteiger partial charge in [0.05, 0.1) is 65.8 Å². The molecule has 2 fully saturated rings. The molecule has 0 bridgehead atoms. The number of likely N-dealkylation sites (tertiary alicyclic amines) is 2. The van der Waals surface area contributed by atoms with Crippen molar-refractivity contribution >= 4 is 46.1 Å². The molecule has 4 N–H and O–H groups in total. The Bertz CT molecular complexity index is 2340. The molecule has 7 rings (SSSR count). The third kappa shape index (κ3) is 8.29. The number of imidazole rings is 2. The third-order valence-corrected chi connectivity index (χ3v) is 11.6. The number of H-pyrrole nitrogens is 2. The lowest BCUT2D eigenvalue weighted by atomic mass is 9.96. The van der Waals surface area contributed by atoms with E-state index in [1.54, 1.807) is 30.6 Å². The fourth-order valence-electron chi connectivity index (χ4n) is 7.95. The second-order valence-corrected chi connectivity index (χ2v) is 15.5. The Hall–Kier alpha value is -6.07. The van der Waals surface area contributed by atoms with Gasteiger partial charge in [-0.25, -0.2) is 19.6 Å². The number of aromatic nitrogens is 5. The van der Waals surface area contributed by atoms with Crippen molar-refractivity contribution in [2.24, 2.45) is 0 Å². The predicted molar refractivity (Wildman–Crippen MR) is 218 cm³/mol. The molecule has 17 nitrogen and oxygen atoms in total. The largest absolute Gasteiger partial charge is 0.453 e. The van der Waals surface area contributed by atoms with Gasteiger partial charge in [-0.2, -0.15) is 0 Å². The number of amides is 4. The Kier molecular flexibility index (Phi) is 11.9. The summed E-state index contributed by atoms with van der Waals surface area (Å²) in [6.07, 6.45) is 2.88. The topological polar surface area (TPSA) is 206 Å². The Balaban J connectivity index is 1.07. The highest BCUT2D eigenvalue weighted by Crippen LogP contribution is 2.36. The Morgan fingerprint density at radius 3 is 1.83 bits per heavy atom. The average Bonchev–Trinajstić information content (AvgIpc) is 4.09. The monoisotopic (exact) mass is 809 g/mol. The first-order valence-electron chi connectivity index (χ1n) is 19.7. The number of methoxy groups -OCH3 is 4. The van der Waals surface area contributed by atoms with Crippen molar-refractivity contribution in [3.63, 3.8) is 0 Å². The van der Waals surface area contributed by atoms with E-state index in [0.29, 0.717) is 24.7 Å². The molecule has 0 unspecified atom stereocenters. The predicted octanol–water partition coefficient (Wildman–Crippen LogP) is 5.40. The van der Waals surface area contributed by atoms with Crippen LogP contribution in [0.5, 0.6) is 0 Å². The van der Waals surface area contributed by atoms with Crippen molar-refractivity contribution < 1.29 is 38.1 Å². The van der Waals surface area contributed by atoms with E-state index in [4.69, 9.17) is 33.9 Å². The van der Waals surface area contributed by atoms with E-state index in [1.807, 2.05) is 54.7 Å². The standard InChI is InChI=1S/C42H51N9O8/c1-23(56-4)34(48-40(54)57-5)38(52)50-18-8-10-32(50)36-44-28-16-12-24(20-30(28)46-36)26-14-15-27(43-22-26)25-13-17-29-31(21-25)47-37(45-29)33-11-9-19-51(33)39(53)35(42(2,3)59-7)49-41(55)58-6/h12-17,20-23,32-35H,8-11,18-19H2,1-7H3,(H,44,46)(H,45,47)(H,48,54)(H,49,55)/t23-,32+,33+,34+,35-/m1/s1. The van der Waals surface area contributed by atoms with Gasteiger partial charge in [-0.3, -0.25) is 14.6 Å². The highest BCUT2D eigenvalue weighted by molar-refractivity contribution is 5.89. The number of hydrogen-bond acceptors (Lipinski definition) is 11. The molecule has 0 radical (unpaired) electrons. The van der Waals surface area contributed by atoms with E-state index >= 15 is 0 Å². The van der Waals surface area contributed by atoms with Crippen LogP contribution < -0.4 is 10.6 Å². The zero-order valence-corrected chi connectivity index (χ0v) is 34.3. The SMILES string of the molecule is COC(=O)N[C@H](C(=O)N1CCC[C@H]1c1nc2ccc(-c3ccc(-c4ccc5nc([C@@H]6CCCN6C(=O)[C@@H](NC(=O)OC)C(C)(C)OC)[nH]c5c4)nc3)cc2[nH]1)[C@@H](C)OC. The molecule has 3 aromatic heterocycles. The van der Waals surface area contributed by atoms with Crippen LogP contribution in [-0.2, 0) is 28.5 Å². The number of fused-ring (bicyclic) bond motifs is 2. The van der Waals surface area contributed by atoms with Crippen LogP contribution in [0.25, 0.3) is 44.5 Å². The van der Waals surface area contributed by atoms with Crippen LogP contribution in [0.4, 0.5) is 9.59 Å². The lowest BCUT2D eigenvalue weighted by molar-refractivity contribution is -0.142. The second-order valence-electron chi connectivity index (χ2n) is 15.5. The van der Waals surface area contributed by atoms with Gasteiger partial charge >= 0.3 is 12.2 Å². The normalized spacial score (nSPS) is 18.5. The molecule has 2 aromatic carbocycles. The van der Waals surface area contributed by atoms with Gasteiger partial charge in [0.2, 0.25) is 11.8 Å². The minimum Gasteiger partial charge on any atom is -0.453 e. The van der Waals surface area contributed by atoms with E-state index in [1.165, 1.54) is 28.4 Å². The molecule has 5 aromatic rings. The zero-order chi connectivity index (χ0) is 42.0. The molecular formula is C42H51N9O8. The van der Waals surface area contributed by atoms with Crippen LogP contribution in [0.2, 0.25) is 0 Å². The van der Waals surface area contributed by atoms with Crippen molar-refractivity contribution in [1.29, 1.82) is 0 Å². The van der Waals surface area contributed by atoms with Gasteiger partial charge < -0.3 is 49.3 Å². The molecule has 0 spiro atoms. The van der Waals surface area contributed by atoms with Crippen molar-refractivity contribution in [1.82, 2.24) is 45.4 Å². The first-order valence-corrected chi connectivity index (χ1v) is 19.7. The number of aromatic amines is 2. The van der Waals surface area contributed by atoms with E-state index in [9.17, 15) is 19.2 Å². The highest BCUT2D eigenvalue weighted by atomic mass is 16.5. The summed E-state index contributed by atoms with van der Waals surface area (Å²) in [5.41, 5.74) is 5.74. The molecule has 59 heavy (non-hydrogen) atoms. The molecule has 2 aliphatic rings. The van der Waals surface area contributed by atoms with Gasteiger partial charge in [0, 0.05) is 44.6 Å². The summed E-state index contributed by atoms with van der Waals surface area (Å²) in [5.74, 6) is 0.819. The summed E-state index contributed by atoms with van der Waals surface area (Å²) in [6.45, 7) is 6.27. The fraction of sp³-hybridized carbons (Fsp3) is 0.452. The Morgan fingerprint density at radius 2 is 1.29 bits per heavy atom. The van der Waals surface area contributed by atoms with Gasteiger partial charge in [-0.1, -0.05) is 18.2 Å². The lowest BCUT2D eigenvalue weighted by Gasteiger charge is -2.36. The van der Waals surface area contributed by atoms with Gasteiger partial charge in [0.25, 0.3) is 0 Å². The number of carbonyl (C=O) groups is 4. The molecule has 17 heteroatoms. The summed E-state index contributed by atoms with van der Waals surface area (Å²) >= 11 is 0. The summed E-state index contributed by atoms with van der Waals surface area (Å²) in [4.78, 5) is 76.8. The maximum Gasteiger partial charge on any atom is 0.407 e. The number of hydrogen-bond donors (Lipinski definition) is 4. The lowest BCUT2D eigenvalue weighted by Crippen LogP contribution is -2.59. The van der Waals surface area contributed by atoms with Crippen molar-refractivity contribution in [2.75, 3.05) is 41.5 Å². The molecule has 5 atom stereocenters. The van der Waals surface area contributed by atoms with Crippen molar-refractivity contribution in [2.45, 2.75) is 82.3 Å². The van der Waals surface area contributed by atoms with Crippen molar-refractivity contribution in [3.05, 3.63) is 66.4 Å². The molecule has 312 valence electrons. The van der Waals surface area contributed by atoms with Gasteiger partial charge in [-0.05, 0) is 82.3 Å². The molecule has 2 saturated heterocycles. The third-order valence-electron chi connectivity index (χ3n) is 11.6. The van der Waals surface area contributed by atoms with E-state index < -0.39 is 36.0 Å². The first kappa shape index (κ1) is 41.1. The molecule has 2 aliphatic heterocycles. The molecule has 4 amide bonds. The van der Waals surface area contributed by atoms with Crippen LogP contribution in [-0.4, -0.2) is 124 Å². The smallest absolute Gasteiger partial charge is 0.407 e. The van der Waals surface area contributed by atoms with Crippen LogP contribution in [0.3, 0.4) is 0 Å². The van der Waals surface area contributed by atoms with Crippen LogP contribution in [0, 0.1) is 0 Å². The van der Waals surface area contributed by atoms with E-state index in [0.717, 1.165) is 70.1 Å². The number of pyridine rings is 1. The summed E-state index contributed by atoms with van der Waals surface area (Å²) in [7, 11) is 5.51. The maximum absolute atomic E-state index is 13.9. The molecule has 0 saturated carbocycles. The fourth-order valence-corrected chi connectivity index (χ4v) is 7.95. The summed E-state index contributed by atoms with van der Waals surface area (Å²) in [6, 6.07) is 13.4.